The average Bonchev–Trinajstić information content (AvgIpc) is 2.96. The van der Waals surface area contributed by atoms with Crippen LogP contribution in [0.25, 0.3) is 11.4 Å². The monoisotopic (exact) mass is 357 g/mol. The molecule has 0 N–H and O–H groups in total. The van der Waals surface area contributed by atoms with Crippen molar-refractivity contribution < 1.29 is 9.13 Å². The Hall–Kier alpha value is -2.34. The summed E-state index contributed by atoms with van der Waals surface area (Å²) in [7, 11) is 1.84. The average molecular weight is 357 g/mol. The lowest BCUT2D eigenvalue weighted by atomic mass is 10.1. The van der Waals surface area contributed by atoms with Gasteiger partial charge < -0.3 is 9.30 Å². The Kier molecular flexibility index (Phi) is 5.38. The van der Waals surface area contributed by atoms with E-state index in [0.29, 0.717) is 18.0 Å². The van der Waals surface area contributed by atoms with Gasteiger partial charge in [0.15, 0.2) is 11.0 Å². The molecule has 25 heavy (non-hydrogen) atoms. The van der Waals surface area contributed by atoms with Crippen LogP contribution in [-0.2, 0) is 7.05 Å². The van der Waals surface area contributed by atoms with Crippen LogP contribution in [0, 0.1) is 19.7 Å². The van der Waals surface area contributed by atoms with Gasteiger partial charge in [0.2, 0.25) is 0 Å². The maximum absolute atomic E-state index is 13.9. The van der Waals surface area contributed by atoms with Crippen molar-refractivity contribution in [3.8, 4) is 17.1 Å². The molecule has 3 rings (SSSR count). The molecule has 0 bridgehead atoms. The van der Waals surface area contributed by atoms with Crippen molar-refractivity contribution >= 4 is 11.8 Å². The van der Waals surface area contributed by atoms with Gasteiger partial charge in [-0.2, -0.15) is 0 Å². The van der Waals surface area contributed by atoms with Gasteiger partial charge in [-0.05, 0) is 43.2 Å². The second-order valence-electron chi connectivity index (χ2n) is 5.81. The van der Waals surface area contributed by atoms with E-state index in [-0.39, 0.29) is 5.82 Å². The number of benzene rings is 2. The highest BCUT2D eigenvalue weighted by molar-refractivity contribution is 7.99. The van der Waals surface area contributed by atoms with Crippen LogP contribution in [0.5, 0.6) is 5.75 Å². The maximum Gasteiger partial charge on any atom is 0.191 e. The van der Waals surface area contributed by atoms with E-state index in [0.717, 1.165) is 22.2 Å². The summed E-state index contributed by atoms with van der Waals surface area (Å²) in [6.07, 6.45) is 0. The first-order chi connectivity index (χ1) is 12.1. The number of hydrogen-bond acceptors (Lipinski definition) is 4. The predicted molar refractivity (Wildman–Crippen MR) is 98.5 cm³/mol. The van der Waals surface area contributed by atoms with Gasteiger partial charge in [0.25, 0.3) is 0 Å². The zero-order chi connectivity index (χ0) is 17.8. The summed E-state index contributed by atoms with van der Waals surface area (Å²) in [5.74, 6) is 1.87. The molecule has 0 spiro atoms. The first-order valence-electron chi connectivity index (χ1n) is 8.03. The Morgan fingerprint density at radius 3 is 2.72 bits per heavy atom. The van der Waals surface area contributed by atoms with Gasteiger partial charge in [-0.3, -0.25) is 0 Å². The van der Waals surface area contributed by atoms with Gasteiger partial charge in [-0.15, -0.1) is 10.2 Å². The quantitative estimate of drug-likeness (QED) is 0.484. The molecule has 0 atom stereocenters. The first kappa shape index (κ1) is 17.5. The van der Waals surface area contributed by atoms with Gasteiger partial charge >= 0.3 is 0 Å². The first-order valence-corrected chi connectivity index (χ1v) is 9.02. The minimum atomic E-state index is -0.298. The summed E-state index contributed by atoms with van der Waals surface area (Å²) >= 11 is 1.54. The Bertz CT molecular complexity index is 879. The van der Waals surface area contributed by atoms with Gasteiger partial charge in [-0.25, -0.2) is 4.39 Å². The molecular weight excluding hydrogens is 337 g/mol. The number of nitrogens with zero attached hydrogens (tertiary/aromatic N) is 3. The van der Waals surface area contributed by atoms with E-state index in [1.165, 1.54) is 23.4 Å². The molecule has 0 saturated heterocycles. The molecule has 130 valence electrons. The lowest BCUT2D eigenvalue weighted by Gasteiger charge is -2.09. The van der Waals surface area contributed by atoms with Crippen LogP contribution in [0.2, 0.25) is 0 Å². The molecule has 1 heterocycles. The molecule has 1 aromatic heterocycles. The highest BCUT2D eigenvalue weighted by atomic mass is 32.2. The number of halogens is 1. The van der Waals surface area contributed by atoms with Gasteiger partial charge in [0, 0.05) is 12.8 Å². The standard InChI is InChI=1S/C19H20FN3OS/c1-13-8-9-14(2)17(12-13)24-10-11-25-19-22-21-18(23(19)3)15-6-4-5-7-16(15)20/h4-9,12H,10-11H2,1-3H3. The zero-order valence-corrected chi connectivity index (χ0v) is 15.3. The summed E-state index contributed by atoms with van der Waals surface area (Å²) in [5, 5.41) is 9.02. The maximum atomic E-state index is 13.9. The molecule has 0 fully saturated rings. The van der Waals surface area contributed by atoms with Crippen molar-refractivity contribution in [1.29, 1.82) is 0 Å². The number of ether oxygens (including phenoxy) is 1. The molecule has 0 aliphatic carbocycles. The van der Waals surface area contributed by atoms with E-state index in [4.69, 9.17) is 4.74 Å². The third-order valence-electron chi connectivity index (χ3n) is 3.87. The Labute approximate surface area is 151 Å². The molecule has 6 heteroatoms. The van der Waals surface area contributed by atoms with Crippen LogP contribution < -0.4 is 4.74 Å². The highest BCUT2D eigenvalue weighted by Gasteiger charge is 2.14. The molecular formula is C19H20FN3OS. The third-order valence-corrected chi connectivity index (χ3v) is 4.85. The Balaban J connectivity index is 1.61. The molecule has 0 radical (unpaired) electrons. The predicted octanol–water partition coefficient (Wildman–Crippen LogP) is 4.41. The molecule has 0 unspecified atom stereocenters. The fraction of sp³-hybridized carbons (Fsp3) is 0.263. The van der Waals surface area contributed by atoms with Crippen LogP contribution >= 0.6 is 11.8 Å². The minimum Gasteiger partial charge on any atom is -0.492 e. The lowest BCUT2D eigenvalue weighted by Crippen LogP contribution is -2.03. The van der Waals surface area contributed by atoms with E-state index in [1.807, 2.05) is 27.0 Å². The lowest BCUT2D eigenvalue weighted by molar-refractivity contribution is 0.341. The highest BCUT2D eigenvalue weighted by Crippen LogP contribution is 2.25. The number of aryl methyl sites for hydroxylation is 2. The van der Waals surface area contributed by atoms with Crippen molar-refractivity contribution in [2.75, 3.05) is 12.4 Å². The van der Waals surface area contributed by atoms with Crippen LogP contribution in [0.15, 0.2) is 47.6 Å². The molecule has 0 aliphatic heterocycles. The van der Waals surface area contributed by atoms with Crippen molar-refractivity contribution in [2.24, 2.45) is 7.05 Å². The number of hydrogen-bond donors (Lipinski definition) is 0. The Morgan fingerprint density at radius 2 is 1.92 bits per heavy atom. The number of thioether (sulfide) groups is 1. The second kappa shape index (κ2) is 7.70. The SMILES string of the molecule is Cc1ccc(C)c(OCCSc2nnc(-c3ccccc3F)n2C)c1. The van der Waals surface area contributed by atoms with Crippen molar-refractivity contribution in [3.63, 3.8) is 0 Å². The van der Waals surface area contributed by atoms with Crippen LogP contribution in [-0.4, -0.2) is 27.1 Å². The van der Waals surface area contributed by atoms with E-state index in [9.17, 15) is 4.39 Å². The molecule has 0 saturated carbocycles. The topological polar surface area (TPSA) is 39.9 Å². The molecule has 2 aromatic carbocycles. The summed E-state index contributed by atoms with van der Waals surface area (Å²) in [6.45, 7) is 4.65. The van der Waals surface area contributed by atoms with E-state index in [1.54, 1.807) is 22.8 Å². The van der Waals surface area contributed by atoms with Gasteiger partial charge in [-0.1, -0.05) is 36.0 Å². The van der Waals surface area contributed by atoms with Crippen molar-refractivity contribution in [3.05, 3.63) is 59.4 Å². The smallest absolute Gasteiger partial charge is 0.191 e. The largest absolute Gasteiger partial charge is 0.492 e. The van der Waals surface area contributed by atoms with Crippen molar-refractivity contribution in [2.45, 2.75) is 19.0 Å². The summed E-state index contributed by atoms with van der Waals surface area (Å²) < 4.78 is 21.6. The number of rotatable bonds is 6. The fourth-order valence-electron chi connectivity index (χ4n) is 2.47. The second-order valence-corrected chi connectivity index (χ2v) is 6.87. The van der Waals surface area contributed by atoms with Crippen molar-refractivity contribution in [1.82, 2.24) is 14.8 Å². The van der Waals surface area contributed by atoms with E-state index < -0.39 is 0 Å². The van der Waals surface area contributed by atoms with Crippen LogP contribution in [0.1, 0.15) is 11.1 Å². The molecule has 3 aromatic rings. The third kappa shape index (κ3) is 4.02. The van der Waals surface area contributed by atoms with E-state index in [2.05, 4.69) is 22.3 Å². The van der Waals surface area contributed by atoms with Crippen LogP contribution in [0.4, 0.5) is 4.39 Å². The fourth-order valence-corrected chi connectivity index (χ4v) is 3.19. The minimum absolute atomic E-state index is 0.298. The Morgan fingerprint density at radius 1 is 1.12 bits per heavy atom. The van der Waals surface area contributed by atoms with Crippen LogP contribution in [0.3, 0.4) is 0 Å². The normalized spacial score (nSPS) is 10.9. The molecule has 0 amide bonds. The molecule has 0 aliphatic rings. The summed E-state index contributed by atoms with van der Waals surface area (Å²) in [5.41, 5.74) is 2.75. The van der Waals surface area contributed by atoms with E-state index >= 15 is 0 Å². The van der Waals surface area contributed by atoms with Gasteiger partial charge in [0.1, 0.15) is 11.6 Å². The summed E-state index contributed by atoms with van der Waals surface area (Å²) in [6, 6.07) is 12.8. The number of aromatic nitrogens is 3. The van der Waals surface area contributed by atoms with Gasteiger partial charge in [0.05, 0.1) is 12.2 Å². The zero-order valence-electron chi connectivity index (χ0n) is 14.5. The summed E-state index contributed by atoms with van der Waals surface area (Å²) in [4.78, 5) is 0. The molecule has 4 nitrogen and oxygen atoms in total.